The topological polar surface area (TPSA) is 56.1 Å². The molecule has 1 saturated heterocycles. The molecule has 0 atom stereocenters. The van der Waals surface area contributed by atoms with Crippen LogP contribution in [0.3, 0.4) is 0 Å². The van der Waals surface area contributed by atoms with Crippen molar-refractivity contribution in [3.05, 3.63) is 59.2 Å². The number of nitrogens with one attached hydrogen (secondary N) is 1. The zero-order valence-electron chi connectivity index (χ0n) is 14.6. The monoisotopic (exact) mass is 333 g/mol. The van der Waals surface area contributed by atoms with Gasteiger partial charge in [0.15, 0.2) is 0 Å². The number of aryl methyl sites for hydroxylation is 2. The lowest BCUT2D eigenvalue weighted by Crippen LogP contribution is -2.19. The molecule has 1 amide bonds. The molecule has 0 spiro atoms. The van der Waals surface area contributed by atoms with Gasteiger partial charge in [0.2, 0.25) is 5.91 Å². The molecule has 4 heteroatoms. The van der Waals surface area contributed by atoms with Crippen LogP contribution in [-0.2, 0) is 11.2 Å². The van der Waals surface area contributed by atoms with E-state index in [0.29, 0.717) is 18.4 Å². The number of carbonyl (C=O) groups excluding carboxylic acids is 1. The predicted octanol–water partition coefficient (Wildman–Crippen LogP) is 4.04. The molecule has 4 nitrogen and oxygen atoms in total. The second-order valence-corrected chi connectivity index (χ2v) is 6.55. The summed E-state index contributed by atoms with van der Waals surface area (Å²) in [5.74, 6) is 0.0117. The summed E-state index contributed by atoms with van der Waals surface area (Å²) in [6, 6.07) is 15.6. The average molecular weight is 333 g/mol. The highest BCUT2D eigenvalue weighted by Gasteiger charge is 2.14. The SMILES string of the molecule is Cc1cc(NC(=O)CCc2ccc(C#N)cc2)ccc1N1CCCC1. The molecule has 0 unspecified atom stereocenters. The molecule has 0 aliphatic carbocycles. The van der Waals surface area contributed by atoms with E-state index >= 15 is 0 Å². The van der Waals surface area contributed by atoms with E-state index in [1.54, 1.807) is 12.1 Å². The minimum Gasteiger partial charge on any atom is -0.371 e. The second-order valence-electron chi connectivity index (χ2n) is 6.55. The highest BCUT2D eigenvalue weighted by molar-refractivity contribution is 5.91. The van der Waals surface area contributed by atoms with Crippen molar-refractivity contribution in [2.24, 2.45) is 0 Å². The normalized spacial score (nSPS) is 13.5. The van der Waals surface area contributed by atoms with Crippen LogP contribution >= 0.6 is 0 Å². The number of rotatable bonds is 5. The summed E-state index contributed by atoms with van der Waals surface area (Å²) in [7, 11) is 0. The van der Waals surface area contributed by atoms with Crippen molar-refractivity contribution in [1.82, 2.24) is 0 Å². The highest BCUT2D eigenvalue weighted by Crippen LogP contribution is 2.26. The van der Waals surface area contributed by atoms with E-state index in [-0.39, 0.29) is 5.91 Å². The van der Waals surface area contributed by atoms with Gasteiger partial charge >= 0.3 is 0 Å². The second kappa shape index (κ2) is 7.85. The number of carbonyl (C=O) groups is 1. The number of anilines is 2. The number of hydrogen-bond acceptors (Lipinski definition) is 3. The van der Waals surface area contributed by atoms with Gasteiger partial charge in [-0.3, -0.25) is 4.79 Å². The Bertz CT molecular complexity index is 784. The summed E-state index contributed by atoms with van der Waals surface area (Å²) in [4.78, 5) is 14.6. The quantitative estimate of drug-likeness (QED) is 0.898. The van der Waals surface area contributed by atoms with Crippen molar-refractivity contribution in [3.8, 4) is 6.07 Å². The molecule has 2 aromatic rings. The van der Waals surface area contributed by atoms with Crippen LogP contribution in [-0.4, -0.2) is 19.0 Å². The van der Waals surface area contributed by atoms with Crippen LogP contribution in [0.5, 0.6) is 0 Å². The van der Waals surface area contributed by atoms with Crippen LogP contribution in [0.1, 0.15) is 36.0 Å². The lowest BCUT2D eigenvalue weighted by Gasteiger charge is -2.20. The Kier molecular flexibility index (Phi) is 5.35. The van der Waals surface area contributed by atoms with Gasteiger partial charge in [0, 0.05) is 30.9 Å². The number of hydrogen-bond donors (Lipinski definition) is 1. The first-order valence-electron chi connectivity index (χ1n) is 8.80. The number of nitrogens with zero attached hydrogens (tertiary/aromatic N) is 2. The maximum absolute atomic E-state index is 12.2. The maximum Gasteiger partial charge on any atom is 0.224 e. The van der Waals surface area contributed by atoms with Crippen LogP contribution in [0.4, 0.5) is 11.4 Å². The van der Waals surface area contributed by atoms with Crippen molar-refractivity contribution < 1.29 is 4.79 Å². The van der Waals surface area contributed by atoms with Crippen molar-refractivity contribution >= 4 is 17.3 Å². The third-order valence-corrected chi connectivity index (χ3v) is 4.65. The molecule has 2 aromatic carbocycles. The van der Waals surface area contributed by atoms with E-state index in [0.717, 1.165) is 24.3 Å². The van der Waals surface area contributed by atoms with Crippen LogP contribution in [0.2, 0.25) is 0 Å². The maximum atomic E-state index is 12.2. The van der Waals surface area contributed by atoms with Gasteiger partial charge in [-0.05, 0) is 67.6 Å². The molecule has 3 rings (SSSR count). The van der Waals surface area contributed by atoms with Crippen LogP contribution in [0.25, 0.3) is 0 Å². The smallest absolute Gasteiger partial charge is 0.224 e. The van der Waals surface area contributed by atoms with E-state index in [2.05, 4.69) is 29.3 Å². The molecule has 1 heterocycles. The fraction of sp³-hybridized carbons (Fsp3) is 0.333. The zero-order valence-corrected chi connectivity index (χ0v) is 14.6. The number of benzene rings is 2. The first-order valence-corrected chi connectivity index (χ1v) is 8.80. The van der Waals surface area contributed by atoms with Gasteiger partial charge in [0.05, 0.1) is 11.6 Å². The van der Waals surface area contributed by atoms with E-state index in [1.165, 1.54) is 24.1 Å². The van der Waals surface area contributed by atoms with Gasteiger partial charge in [-0.15, -0.1) is 0 Å². The zero-order chi connectivity index (χ0) is 17.6. The van der Waals surface area contributed by atoms with Gasteiger partial charge in [-0.2, -0.15) is 5.26 Å². The molecule has 0 aromatic heterocycles. The molecular formula is C21H23N3O. The minimum absolute atomic E-state index is 0.0117. The molecule has 1 aliphatic heterocycles. The lowest BCUT2D eigenvalue weighted by atomic mass is 10.1. The Morgan fingerprint density at radius 1 is 1.16 bits per heavy atom. The first kappa shape index (κ1) is 17.0. The van der Waals surface area contributed by atoms with Crippen LogP contribution in [0, 0.1) is 18.3 Å². The largest absolute Gasteiger partial charge is 0.371 e. The van der Waals surface area contributed by atoms with Crippen molar-refractivity contribution in [2.75, 3.05) is 23.3 Å². The molecule has 1 fully saturated rings. The number of amides is 1. The molecule has 1 N–H and O–H groups in total. The lowest BCUT2D eigenvalue weighted by molar-refractivity contribution is -0.116. The van der Waals surface area contributed by atoms with E-state index < -0.39 is 0 Å². The molecule has 1 aliphatic rings. The van der Waals surface area contributed by atoms with E-state index in [1.807, 2.05) is 24.3 Å². The van der Waals surface area contributed by atoms with Crippen molar-refractivity contribution in [2.45, 2.75) is 32.6 Å². The molecule has 0 bridgehead atoms. The average Bonchev–Trinajstić information content (AvgIpc) is 3.15. The minimum atomic E-state index is 0.0117. The van der Waals surface area contributed by atoms with Crippen LogP contribution < -0.4 is 10.2 Å². The Hall–Kier alpha value is -2.80. The van der Waals surface area contributed by atoms with Crippen molar-refractivity contribution in [3.63, 3.8) is 0 Å². The Morgan fingerprint density at radius 3 is 2.52 bits per heavy atom. The summed E-state index contributed by atoms with van der Waals surface area (Å²) in [6.07, 6.45) is 3.61. The fourth-order valence-electron chi connectivity index (χ4n) is 3.27. The van der Waals surface area contributed by atoms with Crippen LogP contribution in [0.15, 0.2) is 42.5 Å². The standard InChI is InChI=1S/C21H23N3O/c1-16-14-19(9-10-20(16)24-12-2-3-13-24)23-21(25)11-8-17-4-6-18(15-22)7-5-17/h4-7,9-10,14H,2-3,8,11-13H2,1H3,(H,23,25). The summed E-state index contributed by atoms with van der Waals surface area (Å²) in [5.41, 5.74) is 5.03. The highest BCUT2D eigenvalue weighted by atomic mass is 16.1. The Labute approximate surface area is 149 Å². The Morgan fingerprint density at radius 2 is 1.88 bits per heavy atom. The molecule has 128 valence electrons. The fourth-order valence-corrected chi connectivity index (χ4v) is 3.27. The van der Waals surface area contributed by atoms with Gasteiger partial charge in [0.25, 0.3) is 0 Å². The molecular weight excluding hydrogens is 310 g/mol. The van der Waals surface area contributed by atoms with Gasteiger partial charge in [-0.1, -0.05) is 12.1 Å². The predicted molar refractivity (Wildman–Crippen MR) is 101 cm³/mol. The van der Waals surface area contributed by atoms with Gasteiger partial charge < -0.3 is 10.2 Å². The summed E-state index contributed by atoms with van der Waals surface area (Å²) < 4.78 is 0. The summed E-state index contributed by atoms with van der Waals surface area (Å²) in [5, 5.41) is 11.8. The molecule has 25 heavy (non-hydrogen) atoms. The molecule has 0 saturated carbocycles. The molecule has 0 radical (unpaired) electrons. The Balaban J connectivity index is 1.55. The first-order chi connectivity index (χ1) is 12.2. The third kappa shape index (κ3) is 4.39. The summed E-state index contributed by atoms with van der Waals surface area (Å²) in [6.45, 7) is 4.34. The van der Waals surface area contributed by atoms with Gasteiger partial charge in [-0.25, -0.2) is 0 Å². The van der Waals surface area contributed by atoms with Gasteiger partial charge in [0.1, 0.15) is 0 Å². The van der Waals surface area contributed by atoms with E-state index in [9.17, 15) is 4.79 Å². The van der Waals surface area contributed by atoms with E-state index in [4.69, 9.17) is 5.26 Å². The number of nitriles is 1. The third-order valence-electron chi connectivity index (χ3n) is 4.65. The van der Waals surface area contributed by atoms with Crippen molar-refractivity contribution in [1.29, 1.82) is 5.26 Å². The summed E-state index contributed by atoms with van der Waals surface area (Å²) >= 11 is 0.